The molecule has 0 amide bonds. The number of hydrogen-bond donors (Lipinski definition) is 0. The summed E-state index contributed by atoms with van der Waals surface area (Å²) >= 11 is 0. The maximum absolute atomic E-state index is 10.7. The highest BCUT2D eigenvalue weighted by atomic mass is 16.5. The van der Waals surface area contributed by atoms with E-state index in [0.717, 1.165) is 23.2 Å². The number of ether oxygens (including phenoxy) is 1. The van der Waals surface area contributed by atoms with Gasteiger partial charge in [-0.25, -0.2) is 0 Å². The Morgan fingerprint density at radius 1 is 1.05 bits per heavy atom. The molecule has 0 radical (unpaired) electrons. The lowest BCUT2D eigenvalue weighted by molar-refractivity contribution is 0.112. The van der Waals surface area contributed by atoms with Crippen LogP contribution in [-0.4, -0.2) is 13.4 Å². The molecule has 0 atom stereocenters. The Balaban J connectivity index is 2.60. The number of carbonyl (C=O) groups is 1. The summed E-state index contributed by atoms with van der Waals surface area (Å²) in [7, 11) is 1.68. The molecule has 0 aliphatic carbocycles. The lowest BCUT2D eigenvalue weighted by Crippen LogP contribution is -1.96. The minimum Gasteiger partial charge on any atom is -0.496 e. The van der Waals surface area contributed by atoms with Crippen LogP contribution in [0.2, 0.25) is 0 Å². The van der Waals surface area contributed by atoms with Crippen molar-refractivity contribution < 1.29 is 9.53 Å². The van der Waals surface area contributed by atoms with Crippen molar-refractivity contribution in [2.75, 3.05) is 7.11 Å². The monoisotopic (exact) mass is 254 g/mol. The van der Waals surface area contributed by atoms with Gasteiger partial charge in [-0.2, -0.15) is 0 Å². The van der Waals surface area contributed by atoms with Gasteiger partial charge in [0.05, 0.1) is 7.11 Å². The van der Waals surface area contributed by atoms with Crippen molar-refractivity contribution in [2.24, 2.45) is 0 Å². The molecule has 0 bridgehead atoms. The average Bonchev–Trinajstić information content (AvgIpc) is 2.46. The van der Waals surface area contributed by atoms with Gasteiger partial charge in [-0.3, -0.25) is 4.79 Å². The van der Waals surface area contributed by atoms with E-state index in [4.69, 9.17) is 4.74 Å². The number of aldehydes is 1. The van der Waals surface area contributed by atoms with Crippen LogP contribution in [0.4, 0.5) is 0 Å². The molecule has 0 saturated carbocycles. The van der Waals surface area contributed by atoms with Crippen molar-refractivity contribution >= 4 is 6.29 Å². The van der Waals surface area contributed by atoms with Crippen LogP contribution < -0.4 is 4.74 Å². The van der Waals surface area contributed by atoms with Crippen LogP contribution in [0.5, 0.6) is 5.75 Å². The molecule has 2 nitrogen and oxygen atoms in total. The molecule has 0 aliphatic rings. The molecule has 0 aliphatic heterocycles. The SMILES string of the molecule is COc1cccc(C(C)C)c1-c1ccc(C=O)cc1. The third-order valence-electron chi connectivity index (χ3n) is 3.24. The Labute approximate surface area is 114 Å². The molecule has 0 heterocycles. The molecule has 19 heavy (non-hydrogen) atoms. The van der Waals surface area contributed by atoms with Crippen LogP contribution in [0.3, 0.4) is 0 Å². The first-order chi connectivity index (χ1) is 9.17. The third kappa shape index (κ3) is 2.68. The zero-order chi connectivity index (χ0) is 13.8. The summed E-state index contributed by atoms with van der Waals surface area (Å²) in [6, 6.07) is 13.7. The minimum atomic E-state index is 0.413. The summed E-state index contributed by atoms with van der Waals surface area (Å²) in [6.07, 6.45) is 0.857. The van der Waals surface area contributed by atoms with Crippen molar-refractivity contribution in [3.63, 3.8) is 0 Å². The van der Waals surface area contributed by atoms with Crippen molar-refractivity contribution in [3.8, 4) is 16.9 Å². The van der Waals surface area contributed by atoms with E-state index >= 15 is 0 Å². The molecule has 0 unspecified atom stereocenters. The molecule has 0 saturated heterocycles. The van der Waals surface area contributed by atoms with E-state index in [9.17, 15) is 4.79 Å². The normalized spacial score (nSPS) is 10.5. The van der Waals surface area contributed by atoms with E-state index in [-0.39, 0.29) is 0 Å². The highest BCUT2D eigenvalue weighted by Gasteiger charge is 2.13. The minimum absolute atomic E-state index is 0.413. The van der Waals surface area contributed by atoms with Gasteiger partial charge in [0.25, 0.3) is 0 Å². The predicted octanol–water partition coefficient (Wildman–Crippen LogP) is 4.30. The fourth-order valence-corrected chi connectivity index (χ4v) is 2.24. The number of benzene rings is 2. The van der Waals surface area contributed by atoms with Gasteiger partial charge in [-0.1, -0.05) is 50.2 Å². The zero-order valence-corrected chi connectivity index (χ0v) is 11.5. The van der Waals surface area contributed by atoms with Gasteiger partial charge in [0.1, 0.15) is 12.0 Å². The average molecular weight is 254 g/mol. The number of rotatable bonds is 4. The Hall–Kier alpha value is -2.09. The molecule has 2 rings (SSSR count). The van der Waals surface area contributed by atoms with Crippen molar-refractivity contribution in [1.29, 1.82) is 0 Å². The molecule has 0 N–H and O–H groups in total. The summed E-state index contributed by atoms with van der Waals surface area (Å²) in [6.45, 7) is 4.33. The molecule has 2 aromatic carbocycles. The fourth-order valence-electron chi connectivity index (χ4n) is 2.24. The summed E-state index contributed by atoms with van der Waals surface area (Å²) in [5, 5.41) is 0. The van der Waals surface area contributed by atoms with E-state index in [2.05, 4.69) is 19.9 Å². The molecule has 0 spiro atoms. The smallest absolute Gasteiger partial charge is 0.150 e. The van der Waals surface area contributed by atoms with Gasteiger partial charge in [-0.05, 0) is 23.1 Å². The summed E-state index contributed by atoms with van der Waals surface area (Å²) in [4.78, 5) is 10.7. The largest absolute Gasteiger partial charge is 0.496 e. The van der Waals surface area contributed by atoms with E-state index < -0.39 is 0 Å². The lowest BCUT2D eigenvalue weighted by Gasteiger charge is -2.16. The van der Waals surface area contributed by atoms with Crippen LogP contribution in [0, 0.1) is 0 Å². The second-order valence-electron chi connectivity index (χ2n) is 4.82. The summed E-state index contributed by atoms with van der Waals surface area (Å²) in [5.41, 5.74) is 4.12. The standard InChI is InChI=1S/C17H18O2/c1-12(2)15-5-4-6-16(19-3)17(15)14-9-7-13(11-18)8-10-14/h4-12H,1-3H3. The highest BCUT2D eigenvalue weighted by molar-refractivity contribution is 5.79. The van der Waals surface area contributed by atoms with Crippen molar-refractivity contribution in [2.45, 2.75) is 19.8 Å². The number of hydrogen-bond acceptors (Lipinski definition) is 2. The van der Waals surface area contributed by atoms with Gasteiger partial charge >= 0.3 is 0 Å². The molecular weight excluding hydrogens is 236 g/mol. The Morgan fingerprint density at radius 2 is 1.74 bits per heavy atom. The second-order valence-corrected chi connectivity index (χ2v) is 4.82. The van der Waals surface area contributed by atoms with Gasteiger partial charge in [-0.15, -0.1) is 0 Å². The van der Waals surface area contributed by atoms with Crippen molar-refractivity contribution in [3.05, 3.63) is 53.6 Å². The van der Waals surface area contributed by atoms with Crippen LogP contribution in [0.1, 0.15) is 35.7 Å². The molecule has 0 aromatic heterocycles. The van der Waals surface area contributed by atoms with Gasteiger partial charge < -0.3 is 4.74 Å². The second kappa shape index (κ2) is 5.70. The van der Waals surface area contributed by atoms with E-state index in [1.54, 1.807) is 7.11 Å². The highest BCUT2D eigenvalue weighted by Crippen LogP contribution is 2.36. The van der Waals surface area contributed by atoms with Crippen molar-refractivity contribution in [1.82, 2.24) is 0 Å². The molecule has 2 heteroatoms. The lowest BCUT2D eigenvalue weighted by atomic mass is 9.91. The van der Waals surface area contributed by atoms with E-state index in [0.29, 0.717) is 11.5 Å². The van der Waals surface area contributed by atoms with Gasteiger partial charge in [0, 0.05) is 11.1 Å². The summed E-state index contributed by atoms with van der Waals surface area (Å²) in [5.74, 6) is 1.28. The van der Waals surface area contributed by atoms with Gasteiger partial charge in [0.2, 0.25) is 0 Å². The van der Waals surface area contributed by atoms with Gasteiger partial charge in [0.15, 0.2) is 0 Å². The number of carbonyl (C=O) groups excluding carboxylic acids is 1. The van der Waals surface area contributed by atoms with Crippen LogP contribution in [-0.2, 0) is 0 Å². The molecule has 98 valence electrons. The van der Waals surface area contributed by atoms with Crippen LogP contribution in [0.25, 0.3) is 11.1 Å². The Bertz CT molecular complexity index is 568. The fraction of sp³-hybridized carbons (Fsp3) is 0.235. The van der Waals surface area contributed by atoms with Crippen LogP contribution >= 0.6 is 0 Å². The third-order valence-corrected chi connectivity index (χ3v) is 3.24. The Morgan fingerprint density at radius 3 is 2.26 bits per heavy atom. The maximum atomic E-state index is 10.7. The topological polar surface area (TPSA) is 26.3 Å². The molecule has 2 aromatic rings. The van der Waals surface area contributed by atoms with E-state index in [1.807, 2.05) is 36.4 Å². The van der Waals surface area contributed by atoms with Crippen LogP contribution in [0.15, 0.2) is 42.5 Å². The molecular formula is C17H18O2. The number of methoxy groups -OCH3 is 1. The molecule has 0 fully saturated rings. The zero-order valence-electron chi connectivity index (χ0n) is 11.5. The predicted molar refractivity (Wildman–Crippen MR) is 77.9 cm³/mol. The first kappa shape index (κ1) is 13.3. The quantitative estimate of drug-likeness (QED) is 0.760. The van der Waals surface area contributed by atoms with E-state index in [1.165, 1.54) is 5.56 Å². The maximum Gasteiger partial charge on any atom is 0.150 e. The summed E-state index contributed by atoms with van der Waals surface area (Å²) < 4.78 is 5.48. The Kier molecular flexibility index (Phi) is 4.00. The first-order valence-corrected chi connectivity index (χ1v) is 6.40. The first-order valence-electron chi connectivity index (χ1n) is 6.40.